The minimum Gasteiger partial charge on any atom is -0.0654 e. The first-order valence-electron chi connectivity index (χ1n) is 6.79. The summed E-state index contributed by atoms with van der Waals surface area (Å²) < 4.78 is 0. The SMILES string of the molecule is CCCC.CCCc1ccc(C2=CC=C2)cc1. The van der Waals surface area contributed by atoms with Gasteiger partial charge in [0.05, 0.1) is 0 Å². The van der Waals surface area contributed by atoms with Crippen LogP contribution in [0.25, 0.3) is 5.57 Å². The minimum atomic E-state index is 1.19. The zero-order valence-corrected chi connectivity index (χ0v) is 11.4. The Labute approximate surface area is 106 Å². The average Bonchev–Trinajstić information content (AvgIpc) is 2.30. The molecule has 0 atom stereocenters. The Balaban J connectivity index is 0.000000317. The number of hydrogen-bond acceptors (Lipinski definition) is 0. The van der Waals surface area contributed by atoms with Gasteiger partial charge in [-0.3, -0.25) is 0 Å². The summed E-state index contributed by atoms with van der Waals surface area (Å²) in [4.78, 5) is 0. The van der Waals surface area contributed by atoms with Gasteiger partial charge in [0.1, 0.15) is 0 Å². The smallest absolute Gasteiger partial charge is 0.0184 e. The molecule has 0 heteroatoms. The van der Waals surface area contributed by atoms with Crippen molar-refractivity contribution >= 4 is 5.57 Å². The van der Waals surface area contributed by atoms with E-state index in [1.807, 2.05) is 0 Å². The van der Waals surface area contributed by atoms with Crippen LogP contribution in [0.1, 0.15) is 51.2 Å². The summed E-state index contributed by atoms with van der Waals surface area (Å²) in [6.07, 6.45) is 11.4. The molecular weight excluding hydrogens is 204 g/mol. The molecule has 1 aromatic carbocycles. The highest BCUT2D eigenvalue weighted by Gasteiger charge is 2.01. The average molecular weight is 228 g/mol. The van der Waals surface area contributed by atoms with Gasteiger partial charge in [0.25, 0.3) is 0 Å². The lowest BCUT2D eigenvalue weighted by Gasteiger charge is -2.07. The van der Waals surface area contributed by atoms with Gasteiger partial charge in [0, 0.05) is 0 Å². The third kappa shape index (κ3) is 4.60. The first-order valence-corrected chi connectivity index (χ1v) is 6.79. The molecule has 0 aromatic heterocycles. The summed E-state index contributed by atoms with van der Waals surface area (Å²) in [5, 5.41) is 0. The molecule has 0 heterocycles. The van der Waals surface area contributed by atoms with Crippen molar-refractivity contribution in [2.75, 3.05) is 0 Å². The number of unbranched alkanes of at least 4 members (excludes halogenated alkanes) is 1. The Morgan fingerprint density at radius 1 is 0.824 bits per heavy atom. The van der Waals surface area contributed by atoms with E-state index in [4.69, 9.17) is 0 Å². The Bertz CT molecular complexity index is 364. The van der Waals surface area contributed by atoms with Crippen molar-refractivity contribution in [3.8, 4) is 0 Å². The fraction of sp³-hybridized carbons (Fsp3) is 0.412. The van der Waals surface area contributed by atoms with E-state index in [2.05, 4.69) is 63.3 Å². The molecule has 1 aromatic rings. The van der Waals surface area contributed by atoms with Crippen LogP contribution < -0.4 is 0 Å². The van der Waals surface area contributed by atoms with Crippen LogP contribution >= 0.6 is 0 Å². The molecule has 1 aliphatic rings. The first kappa shape index (κ1) is 13.8. The monoisotopic (exact) mass is 228 g/mol. The summed E-state index contributed by atoms with van der Waals surface area (Å²) in [5.41, 5.74) is 4.13. The van der Waals surface area contributed by atoms with E-state index in [-0.39, 0.29) is 0 Å². The summed E-state index contributed by atoms with van der Waals surface area (Å²) >= 11 is 0. The van der Waals surface area contributed by atoms with Crippen molar-refractivity contribution in [1.82, 2.24) is 0 Å². The van der Waals surface area contributed by atoms with Crippen molar-refractivity contribution in [1.29, 1.82) is 0 Å². The highest BCUT2D eigenvalue weighted by Crippen LogP contribution is 2.22. The third-order valence-corrected chi connectivity index (χ3v) is 2.88. The lowest BCUT2D eigenvalue weighted by molar-refractivity contribution is 0.886. The molecule has 0 fully saturated rings. The van der Waals surface area contributed by atoms with E-state index in [9.17, 15) is 0 Å². The maximum Gasteiger partial charge on any atom is -0.0184 e. The van der Waals surface area contributed by atoms with Crippen molar-refractivity contribution in [3.63, 3.8) is 0 Å². The standard InChI is InChI=1S/C13H14.C4H10/c1-2-4-11-7-9-13(10-8-11)12-5-3-6-12;1-3-4-2/h3,5-10H,2,4H2,1H3;3-4H2,1-2H3. The van der Waals surface area contributed by atoms with Crippen LogP contribution in [0.4, 0.5) is 0 Å². The molecule has 0 bridgehead atoms. The van der Waals surface area contributed by atoms with Crippen molar-refractivity contribution < 1.29 is 0 Å². The molecule has 0 N–H and O–H groups in total. The molecule has 92 valence electrons. The predicted octanol–water partition coefficient (Wildman–Crippen LogP) is 5.40. The van der Waals surface area contributed by atoms with Gasteiger partial charge in [-0.05, 0) is 23.1 Å². The molecule has 2 rings (SSSR count). The molecule has 0 radical (unpaired) electrons. The molecule has 0 nitrogen and oxygen atoms in total. The normalized spacial score (nSPS) is 12.3. The lowest BCUT2D eigenvalue weighted by atomic mass is 9.98. The largest absolute Gasteiger partial charge is 0.0654 e. The molecule has 17 heavy (non-hydrogen) atoms. The molecule has 0 amide bonds. The lowest BCUT2D eigenvalue weighted by Crippen LogP contribution is -1.88. The van der Waals surface area contributed by atoms with E-state index >= 15 is 0 Å². The summed E-state index contributed by atoms with van der Waals surface area (Å²) in [5.74, 6) is 0. The van der Waals surface area contributed by atoms with E-state index in [0.717, 1.165) is 0 Å². The van der Waals surface area contributed by atoms with Gasteiger partial charge in [-0.1, -0.05) is 82.5 Å². The van der Waals surface area contributed by atoms with Crippen molar-refractivity contribution in [2.45, 2.75) is 46.5 Å². The zero-order valence-electron chi connectivity index (χ0n) is 11.4. The van der Waals surface area contributed by atoms with Gasteiger partial charge < -0.3 is 0 Å². The number of aryl methyl sites for hydroxylation is 1. The van der Waals surface area contributed by atoms with Gasteiger partial charge in [0.2, 0.25) is 0 Å². The highest BCUT2D eigenvalue weighted by atomic mass is 14.1. The summed E-state index contributed by atoms with van der Waals surface area (Å²) in [7, 11) is 0. The molecular formula is C17H24. The maximum absolute atomic E-state index is 2.23. The number of rotatable bonds is 4. The van der Waals surface area contributed by atoms with Crippen LogP contribution in [0.3, 0.4) is 0 Å². The predicted molar refractivity (Wildman–Crippen MR) is 78.1 cm³/mol. The third-order valence-electron chi connectivity index (χ3n) is 2.88. The Morgan fingerprint density at radius 2 is 1.41 bits per heavy atom. The van der Waals surface area contributed by atoms with Gasteiger partial charge in [-0.2, -0.15) is 0 Å². The molecule has 1 aliphatic carbocycles. The van der Waals surface area contributed by atoms with E-state index < -0.39 is 0 Å². The van der Waals surface area contributed by atoms with E-state index in [0.29, 0.717) is 0 Å². The van der Waals surface area contributed by atoms with Crippen LogP contribution in [0.5, 0.6) is 0 Å². The van der Waals surface area contributed by atoms with Crippen LogP contribution in [0, 0.1) is 0 Å². The second-order valence-electron chi connectivity index (χ2n) is 4.43. The zero-order chi connectivity index (χ0) is 12.5. The second kappa shape index (κ2) is 7.89. The minimum absolute atomic E-state index is 1.19. The summed E-state index contributed by atoms with van der Waals surface area (Å²) in [6, 6.07) is 8.87. The van der Waals surface area contributed by atoms with Gasteiger partial charge in [0.15, 0.2) is 0 Å². The molecule has 0 aliphatic heterocycles. The first-order chi connectivity index (χ1) is 8.31. The van der Waals surface area contributed by atoms with Crippen LogP contribution in [0.2, 0.25) is 0 Å². The topological polar surface area (TPSA) is 0 Å². The highest BCUT2D eigenvalue weighted by molar-refractivity contribution is 5.80. The fourth-order valence-electron chi connectivity index (χ4n) is 1.54. The van der Waals surface area contributed by atoms with Gasteiger partial charge >= 0.3 is 0 Å². The van der Waals surface area contributed by atoms with Gasteiger partial charge in [-0.15, -0.1) is 0 Å². The maximum atomic E-state index is 2.23. The molecule has 0 spiro atoms. The van der Waals surface area contributed by atoms with Crippen LogP contribution in [-0.2, 0) is 6.42 Å². The number of benzene rings is 1. The van der Waals surface area contributed by atoms with Crippen molar-refractivity contribution in [3.05, 3.63) is 53.6 Å². The Kier molecular flexibility index (Phi) is 6.39. The van der Waals surface area contributed by atoms with Crippen LogP contribution in [-0.4, -0.2) is 0 Å². The van der Waals surface area contributed by atoms with Gasteiger partial charge in [-0.25, -0.2) is 0 Å². The summed E-state index contributed by atoms with van der Waals surface area (Å²) in [6.45, 7) is 6.57. The van der Waals surface area contributed by atoms with Crippen LogP contribution in [0.15, 0.2) is 42.5 Å². The Morgan fingerprint density at radius 3 is 1.76 bits per heavy atom. The van der Waals surface area contributed by atoms with E-state index in [1.165, 1.54) is 42.4 Å². The quantitative estimate of drug-likeness (QED) is 0.647. The molecule has 0 saturated heterocycles. The molecule has 0 unspecified atom stereocenters. The Hall–Kier alpha value is -1.30. The second-order valence-corrected chi connectivity index (χ2v) is 4.43. The number of hydrogen-bond donors (Lipinski definition) is 0. The number of allylic oxidation sites excluding steroid dienone is 4. The van der Waals surface area contributed by atoms with Crippen molar-refractivity contribution in [2.24, 2.45) is 0 Å². The fourth-order valence-corrected chi connectivity index (χ4v) is 1.54. The molecule has 0 saturated carbocycles. The van der Waals surface area contributed by atoms with E-state index in [1.54, 1.807) is 0 Å².